The van der Waals surface area contributed by atoms with Crippen molar-refractivity contribution >= 4 is 80.3 Å². The number of hydrogen-bond acceptors (Lipinski definition) is 4. The quantitative estimate of drug-likeness (QED) is 0.135. The van der Waals surface area contributed by atoms with Crippen LogP contribution in [0.1, 0.15) is 0 Å². The third kappa shape index (κ3) is 8.40. The van der Waals surface area contributed by atoms with E-state index < -0.39 is 0 Å². The molecule has 0 atom stereocenters. The van der Waals surface area contributed by atoms with Gasteiger partial charge in [-0.3, -0.25) is 0 Å². The van der Waals surface area contributed by atoms with Crippen LogP contribution in [0, 0.1) is 0 Å². The van der Waals surface area contributed by atoms with Crippen molar-refractivity contribution < 1.29 is 9.47 Å². The second-order valence-electron chi connectivity index (χ2n) is 23.8. The summed E-state index contributed by atoms with van der Waals surface area (Å²) in [5, 5.41) is 0. The van der Waals surface area contributed by atoms with Gasteiger partial charge in [0.1, 0.15) is 23.0 Å². The third-order valence-corrected chi connectivity index (χ3v) is 18.8. The molecule has 0 spiro atoms. The van der Waals surface area contributed by atoms with Gasteiger partial charge in [-0.25, -0.2) is 0 Å². The Bertz CT molecular complexity index is 5070. The second-order valence-corrected chi connectivity index (χ2v) is 23.8. The molecule has 0 amide bonds. The number of nitrogens with zero attached hydrogens (tertiary/aromatic N) is 2. The summed E-state index contributed by atoms with van der Waals surface area (Å²) in [4.78, 5) is 5.09. The van der Waals surface area contributed by atoms with Crippen LogP contribution >= 0.6 is 0 Å². The lowest BCUT2D eigenvalue weighted by Crippen LogP contribution is -2.63. The highest BCUT2D eigenvalue weighted by atomic mass is 16.5. The molecule has 4 nitrogen and oxygen atoms in total. The van der Waals surface area contributed by atoms with Crippen molar-refractivity contribution in [3.63, 3.8) is 0 Å². The van der Waals surface area contributed by atoms with Crippen LogP contribution in [0.2, 0.25) is 0 Å². The molecule has 14 aromatic rings. The second kappa shape index (κ2) is 21.1. The van der Waals surface area contributed by atoms with Crippen LogP contribution in [0.4, 0.5) is 34.1 Å². The molecular weight excluding hydrogens is 1090 g/mol. The molecule has 0 N–H and O–H groups in total. The lowest BCUT2D eigenvalue weighted by atomic mass is 9.31. The minimum Gasteiger partial charge on any atom is -0.458 e. The van der Waals surface area contributed by atoms with E-state index in [0.29, 0.717) is 0 Å². The maximum absolute atomic E-state index is 7.61. The van der Waals surface area contributed by atoms with Crippen LogP contribution in [-0.4, -0.2) is 13.4 Å². The molecule has 0 aliphatic carbocycles. The molecule has 4 heterocycles. The van der Waals surface area contributed by atoms with Gasteiger partial charge in [-0.05, 0) is 136 Å². The Balaban J connectivity index is 0.911. The number of benzene rings is 14. The van der Waals surface area contributed by atoms with E-state index in [0.717, 1.165) is 157 Å². The fourth-order valence-corrected chi connectivity index (χ4v) is 14.7. The highest BCUT2D eigenvalue weighted by Crippen LogP contribution is 2.52. The van der Waals surface area contributed by atoms with Crippen LogP contribution in [0.5, 0.6) is 23.0 Å². The fourth-order valence-electron chi connectivity index (χ4n) is 14.7. The maximum atomic E-state index is 7.61. The van der Waals surface area contributed by atoms with Gasteiger partial charge < -0.3 is 19.3 Å². The molecule has 0 unspecified atom stereocenters. The first-order valence-corrected chi connectivity index (χ1v) is 31.0. The average Bonchev–Trinajstić information content (AvgIpc) is 0.702. The molecule has 18 rings (SSSR count). The van der Waals surface area contributed by atoms with Gasteiger partial charge >= 0.3 is 0 Å². The van der Waals surface area contributed by atoms with E-state index in [1.165, 1.54) is 10.9 Å². The first kappa shape index (κ1) is 51.6. The number of rotatable bonds is 9. The van der Waals surface area contributed by atoms with E-state index in [1.54, 1.807) is 0 Å². The van der Waals surface area contributed by atoms with Gasteiger partial charge in [0.05, 0.1) is 11.4 Å². The van der Waals surface area contributed by atoms with Crippen molar-refractivity contribution in [1.82, 2.24) is 0 Å². The van der Waals surface area contributed by atoms with Crippen LogP contribution in [0.25, 0.3) is 77.9 Å². The lowest BCUT2D eigenvalue weighted by Gasteiger charge is -2.43. The summed E-state index contributed by atoms with van der Waals surface area (Å²) in [5.74, 6) is 3.20. The summed E-state index contributed by atoms with van der Waals surface area (Å²) < 4.78 is 15.2. The minimum absolute atomic E-state index is 0.221. The van der Waals surface area contributed by atoms with E-state index in [9.17, 15) is 0 Å². The van der Waals surface area contributed by atoms with E-state index in [4.69, 9.17) is 9.47 Å². The first-order valence-electron chi connectivity index (χ1n) is 31.0. The maximum Gasteiger partial charge on any atom is 0.256 e. The van der Waals surface area contributed by atoms with Gasteiger partial charge in [0.15, 0.2) is 0 Å². The van der Waals surface area contributed by atoms with Gasteiger partial charge in [-0.1, -0.05) is 279 Å². The molecule has 0 radical (unpaired) electrons. The molecule has 6 heteroatoms. The van der Waals surface area contributed by atoms with E-state index >= 15 is 0 Å². The number of ether oxygens (including phenoxy) is 2. The number of fused-ring (bicyclic) bond motifs is 8. The van der Waals surface area contributed by atoms with Crippen LogP contribution in [0.15, 0.2) is 328 Å². The largest absolute Gasteiger partial charge is 0.458 e. The summed E-state index contributed by atoms with van der Waals surface area (Å²) in [7, 11) is 0. The highest BCUT2D eigenvalue weighted by Gasteiger charge is 2.48. The molecule has 0 aromatic heterocycles. The van der Waals surface area contributed by atoms with Crippen molar-refractivity contribution in [2.45, 2.75) is 0 Å². The number of hydrogen-bond donors (Lipinski definition) is 0. The molecule has 0 saturated carbocycles. The topological polar surface area (TPSA) is 24.9 Å². The highest BCUT2D eigenvalue weighted by molar-refractivity contribution is 7.02. The van der Waals surface area contributed by atoms with Gasteiger partial charge in [0, 0.05) is 45.5 Å². The number of para-hydroxylation sites is 2. The van der Waals surface area contributed by atoms with Crippen molar-refractivity contribution in [2.75, 3.05) is 9.80 Å². The van der Waals surface area contributed by atoms with Crippen LogP contribution in [0.3, 0.4) is 0 Å². The summed E-state index contributed by atoms with van der Waals surface area (Å²) in [6.45, 7) is -0.463. The molecule has 418 valence electrons. The van der Waals surface area contributed by atoms with E-state index in [-0.39, 0.29) is 13.4 Å². The standard InChI is InChI=1S/C84H54B2N2O2/c1-8-25-55(26-9-1)62-43-45-69-74(47-62)87(73-42-23-22-39-66(73)59-33-16-5-17-34-59)76-49-64(57-29-12-3-13-30-57)51-80-82(76)85(69)71-53-72-79(54-78(71)89-80)90-81-52-65(58-31-14-4-15-32-58)50-77-83(81)86(72)70-46-44-63(56-27-10-2-11-28-56)48-75(70)88(77)84-67(60-35-18-6-19-36-60)40-24-41-68(84)61-37-20-7-21-38-61/h1-54H. The zero-order valence-corrected chi connectivity index (χ0v) is 49.0. The van der Waals surface area contributed by atoms with Gasteiger partial charge in [-0.2, -0.15) is 0 Å². The van der Waals surface area contributed by atoms with Crippen LogP contribution in [-0.2, 0) is 0 Å². The Morgan fingerprint density at radius 2 is 0.544 bits per heavy atom. The predicted molar refractivity (Wildman–Crippen MR) is 376 cm³/mol. The monoisotopic (exact) mass is 1140 g/mol. The molecule has 0 saturated heterocycles. The van der Waals surface area contributed by atoms with Crippen molar-refractivity contribution in [2.24, 2.45) is 0 Å². The molecule has 0 fully saturated rings. The van der Waals surface area contributed by atoms with Crippen LogP contribution < -0.4 is 52.1 Å². The normalized spacial score (nSPS) is 12.8. The van der Waals surface area contributed by atoms with Gasteiger partial charge in [-0.15, -0.1) is 0 Å². The zero-order valence-electron chi connectivity index (χ0n) is 49.0. The molecule has 0 bridgehead atoms. The molecule has 4 aliphatic heterocycles. The summed E-state index contributed by atoms with van der Waals surface area (Å²) in [6.07, 6.45) is 0. The Labute approximate surface area is 525 Å². The zero-order chi connectivity index (χ0) is 59.2. The third-order valence-electron chi connectivity index (χ3n) is 18.8. The van der Waals surface area contributed by atoms with Gasteiger partial charge in [0.2, 0.25) is 0 Å². The summed E-state index contributed by atoms with van der Waals surface area (Å²) in [5.41, 5.74) is 29.2. The minimum atomic E-state index is -0.243. The fraction of sp³-hybridized carbons (Fsp3) is 0. The van der Waals surface area contributed by atoms with E-state index in [2.05, 4.69) is 337 Å². The summed E-state index contributed by atoms with van der Waals surface area (Å²) >= 11 is 0. The Morgan fingerprint density at radius 1 is 0.200 bits per heavy atom. The Morgan fingerprint density at radius 3 is 0.989 bits per heavy atom. The number of anilines is 6. The molecule has 4 aliphatic rings. The van der Waals surface area contributed by atoms with Crippen molar-refractivity contribution in [3.8, 4) is 101 Å². The molecule has 90 heavy (non-hydrogen) atoms. The first-order chi connectivity index (χ1) is 44.6. The predicted octanol–water partition coefficient (Wildman–Crippen LogP) is 18.2. The van der Waals surface area contributed by atoms with Crippen molar-refractivity contribution in [1.29, 1.82) is 0 Å². The lowest BCUT2D eigenvalue weighted by molar-refractivity contribution is 0.466. The Hall–Kier alpha value is -11.6. The average molecular weight is 1140 g/mol. The summed E-state index contributed by atoms with van der Waals surface area (Å²) in [6, 6.07) is 120. The molecule has 14 aromatic carbocycles. The molecular formula is C84H54B2N2O2. The Kier molecular flexibility index (Phi) is 12.1. The van der Waals surface area contributed by atoms with Crippen molar-refractivity contribution in [3.05, 3.63) is 328 Å². The van der Waals surface area contributed by atoms with E-state index in [1.807, 2.05) is 0 Å². The SMILES string of the molecule is c1ccc(-c2ccc3c(c2)N(c2ccccc2-c2ccccc2)c2cc(-c4ccccc4)cc4c2B3c2cc3c(cc2O4)Oc2cc(-c4ccccc4)cc4c2B3c2ccc(-c3ccccc3)cc2N4c2c(-c3ccccc3)cccc2-c2ccccc2)cc1. The van der Waals surface area contributed by atoms with Gasteiger partial charge in [0.25, 0.3) is 13.4 Å². The smallest absolute Gasteiger partial charge is 0.256 e.